The average molecular weight is 411 g/mol. The molecule has 0 bridgehead atoms. The van der Waals surface area contributed by atoms with Crippen molar-refractivity contribution in [2.45, 2.75) is 6.92 Å². The number of fused-ring (bicyclic) bond motifs is 1. The van der Waals surface area contributed by atoms with Crippen molar-refractivity contribution in [2.75, 3.05) is 12.5 Å². The molecule has 2 N–H and O–H groups in total. The fraction of sp³-hybridized carbons (Fsp3) is 0.111. The number of methoxy groups -OCH3 is 1. The van der Waals surface area contributed by atoms with Crippen molar-refractivity contribution in [2.24, 2.45) is 0 Å². The number of nitrogens with one attached hydrogen (secondary N) is 2. The monoisotopic (exact) mass is 409 g/mol. The molecule has 0 spiro atoms. The topological polar surface area (TPSA) is 63.2 Å². The van der Waals surface area contributed by atoms with E-state index in [0.29, 0.717) is 37.8 Å². The highest BCUT2D eigenvalue weighted by atomic mass is 35.5. The minimum atomic E-state index is -0.366. The van der Waals surface area contributed by atoms with Gasteiger partial charge < -0.3 is 4.74 Å². The van der Waals surface area contributed by atoms with E-state index in [1.165, 1.54) is 12.1 Å². The summed E-state index contributed by atoms with van der Waals surface area (Å²) >= 11 is 18.1. The summed E-state index contributed by atoms with van der Waals surface area (Å²) in [4.78, 5) is 17.0. The Morgan fingerprint density at radius 2 is 1.77 bits per heavy atom. The molecule has 0 saturated carbocycles. The highest BCUT2D eigenvalue weighted by Gasteiger charge is 2.14. The number of ether oxygens (including phenoxy) is 1. The maximum absolute atomic E-state index is 12.5. The minimum absolute atomic E-state index is 0.295. The van der Waals surface area contributed by atoms with Gasteiger partial charge in [0.05, 0.1) is 39.6 Å². The van der Waals surface area contributed by atoms with Crippen LogP contribution in [0.4, 0.5) is 5.69 Å². The molecule has 1 aromatic heterocycles. The molecule has 0 aliphatic carbocycles. The van der Waals surface area contributed by atoms with Crippen LogP contribution in [-0.4, -0.2) is 18.0 Å². The molecule has 0 aliphatic heterocycles. The van der Waals surface area contributed by atoms with Gasteiger partial charge in [-0.15, -0.1) is 0 Å². The first-order valence-corrected chi connectivity index (χ1v) is 8.68. The van der Waals surface area contributed by atoms with Gasteiger partial charge in [0.15, 0.2) is 0 Å². The number of pyridine rings is 1. The summed E-state index contributed by atoms with van der Waals surface area (Å²) in [6, 6.07) is 10.3. The summed E-state index contributed by atoms with van der Waals surface area (Å²) in [5.74, 6) is 0.338. The first kappa shape index (κ1) is 18.6. The predicted molar refractivity (Wildman–Crippen MR) is 106 cm³/mol. The Morgan fingerprint density at radius 1 is 1.08 bits per heavy atom. The lowest BCUT2D eigenvalue weighted by Gasteiger charge is -2.13. The third-order valence-corrected chi connectivity index (χ3v) is 4.58. The van der Waals surface area contributed by atoms with Gasteiger partial charge in [0.2, 0.25) is 0 Å². The van der Waals surface area contributed by atoms with Gasteiger partial charge in [0.25, 0.3) is 5.91 Å². The molecule has 0 radical (unpaired) electrons. The predicted octanol–water partition coefficient (Wildman–Crippen LogP) is 5.27. The molecule has 0 saturated heterocycles. The fourth-order valence-electron chi connectivity index (χ4n) is 2.45. The van der Waals surface area contributed by atoms with Crippen molar-refractivity contribution in [1.82, 2.24) is 10.4 Å². The number of halogens is 3. The molecule has 3 aromatic rings. The van der Waals surface area contributed by atoms with E-state index in [0.717, 1.165) is 10.9 Å². The third kappa shape index (κ3) is 3.80. The first-order valence-electron chi connectivity index (χ1n) is 7.55. The van der Waals surface area contributed by atoms with Crippen LogP contribution in [0.5, 0.6) is 5.75 Å². The SMILES string of the molecule is COc1ccc2cc(C(=O)NNc3c(Cl)cc(Cl)cc3Cl)c(C)nc2c1. The van der Waals surface area contributed by atoms with Crippen LogP contribution in [0.1, 0.15) is 16.1 Å². The Labute approximate surface area is 165 Å². The lowest BCUT2D eigenvalue weighted by Crippen LogP contribution is -2.30. The van der Waals surface area contributed by atoms with Crippen molar-refractivity contribution >= 4 is 57.3 Å². The molecule has 5 nitrogen and oxygen atoms in total. The molecule has 1 amide bonds. The van der Waals surface area contributed by atoms with Crippen LogP contribution in [0.25, 0.3) is 10.9 Å². The second kappa shape index (κ2) is 7.58. The molecule has 134 valence electrons. The van der Waals surface area contributed by atoms with Gasteiger partial charge in [-0.3, -0.25) is 20.6 Å². The summed E-state index contributed by atoms with van der Waals surface area (Å²) in [6.45, 7) is 1.76. The second-order valence-electron chi connectivity index (χ2n) is 5.50. The summed E-state index contributed by atoms with van der Waals surface area (Å²) in [5, 5.41) is 1.82. The van der Waals surface area contributed by atoms with Gasteiger partial charge in [-0.05, 0) is 37.3 Å². The van der Waals surface area contributed by atoms with Crippen molar-refractivity contribution in [3.63, 3.8) is 0 Å². The third-order valence-electron chi connectivity index (χ3n) is 3.77. The lowest BCUT2D eigenvalue weighted by atomic mass is 10.1. The van der Waals surface area contributed by atoms with Gasteiger partial charge >= 0.3 is 0 Å². The molecule has 0 atom stereocenters. The molecule has 0 aliphatic rings. The maximum Gasteiger partial charge on any atom is 0.271 e. The van der Waals surface area contributed by atoms with E-state index in [1.54, 1.807) is 20.1 Å². The fourth-order valence-corrected chi connectivity index (χ4v) is 3.36. The van der Waals surface area contributed by atoms with E-state index >= 15 is 0 Å². The van der Waals surface area contributed by atoms with Gasteiger partial charge in [-0.25, -0.2) is 0 Å². The second-order valence-corrected chi connectivity index (χ2v) is 6.75. The highest BCUT2D eigenvalue weighted by Crippen LogP contribution is 2.33. The number of carbonyl (C=O) groups is 1. The Hall–Kier alpha value is -2.21. The number of carbonyl (C=O) groups excluding carboxylic acids is 1. The molecule has 0 fully saturated rings. The Balaban J connectivity index is 1.85. The largest absolute Gasteiger partial charge is 0.497 e. The maximum atomic E-state index is 12.5. The van der Waals surface area contributed by atoms with E-state index in [-0.39, 0.29) is 5.91 Å². The number of rotatable bonds is 4. The molecule has 8 heteroatoms. The summed E-state index contributed by atoms with van der Waals surface area (Å²) in [7, 11) is 1.59. The zero-order valence-electron chi connectivity index (χ0n) is 13.9. The van der Waals surface area contributed by atoms with E-state index in [9.17, 15) is 4.79 Å². The number of anilines is 1. The molecule has 1 heterocycles. The Bertz CT molecular complexity index is 985. The minimum Gasteiger partial charge on any atom is -0.497 e. The van der Waals surface area contributed by atoms with E-state index in [4.69, 9.17) is 39.5 Å². The van der Waals surface area contributed by atoms with Crippen LogP contribution in [0, 0.1) is 6.92 Å². The van der Waals surface area contributed by atoms with Gasteiger partial charge in [0.1, 0.15) is 5.75 Å². The molecule has 26 heavy (non-hydrogen) atoms. The number of hydrazine groups is 1. The molecule has 0 unspecified atom stereocenters. The quantitative estimate of drug-likeness (QED) is 0.575. The van der Waals surface area contributed by atoms with Crippen molar-refractivity contribution < 1.29 is 9.53 Å². The highest BCUT2D eigenvalue weighted by molar-refractivity contribution is 6.41. The van der Waals surface area contributed by atoms with Crippen LogP contribution in [0.15, 0.2) is 36.4 Å². The standard InChI is InChI=1S/C18H14Cl3N3O2/c1-9-13(5-10-3-4-12(26-2)8-16(10)22-9)18(25)24-23-17-14(20)6-11(19)7-15(17)21/h3-8,23H,1-2H3,(H,24,25). The van der Waals surface area contributed by atoms with Gasteiger partial charge in [0, 0.05) is 16.5 Å². The van der Waals surface area contributed by atoms with Gasteiger partial charge in [-0.1, -0.05) is 34.8 Å². The molecular formula is C18H14Cl3N3O2. The van der Waals surface area contributed by atoms with Crippen molar-refractivity contribution in [3.05, 3.63) is 62.7 Å². The van der Waals surface area contributed by atoms with Crippen molar-refractivity contribution in [1.29, 1.82) is 0 Å². The van der Waals surface area contributed by atoms with Crippen LogP contribution >= 0.6 is 34.8 Å². The van der Waals surface area contributed by atoms with Crippen LogP contribution in [0.3, 0.4) is 0 Å². The molecule has 2 aromatic carbocycles. The lowest BCUT2D eigenvalue weighted by molar-refractivity contribution is 0.0962. The van der Waals surface area contributed by atoms with E-state index < -0.39 is 0 Å². The molecular weight excluding hydrogens is 397 g/mol. The van der Waals surface area contributed by atoms with Crippen LogP contribution in [-0.2, 0) is 0 Å². The summed E-state index contributed by atoms with van der Waals surface area (Å²) in [6.07, 6.45) is 0. The summed E-state index contributed by atoms with van der Waals surface area (Å²) in [5.41, 5.74) is 7.43. The number of nitrogens with zero attached hydrogens (tertiary/aromatic N) is 1. The Kier molecular flexibility index (Phi) is 5.41. The van der Waals surface area contributed by atoms with E-state index in [1.807, 2.05) is 18.2 Å². The van der Waals surface area contributed by atoms with E-state index in [2.05, 4.69) is 15.8 Å². The van der Waals surface area contributed by atoms with Crippen LogP contribution < -0.4 is 15.6 Å². The number of hydrogen-bond acceptors (Lipinski definition) is 4. The molecule has 3 rings (SSSR count). The number of amides is 1. The van der Waals surface area contributed by atoms with Crippen molar-refractivity contribution in [3.8, 4) is 5.75 Å². The van der Waals surface area contributed by atoms with Crippen LogP contribution in [0.2, 0.25) is 15.1 Å². The zero-order chi connectivity index (χ0) is 18.8. The van der Waals surface area contributed by atoms with Gasteiger partial charge in [-0.2, -0.15) is 0 Å². The zero-order valence-corrected chi connectivity index (χ0v) is 16.1. The first-order chi connectivity index (χ1) is 12.4. The number of aryl methyl sites for hydroxylation is 1. The Morgan fingerprint density at radius 3 is 2.42 bits per heavy atom. The number of aromatic nitrogens is 1. The smallest absolute Gasteiger partial charge is 0.271 e. The average Bonchev–Trinajstić information content (AvgIpc) is 2.59. The number of benzene rings is 2. The summed E-state index contributed by atoms with van der Waals surface area (Å²) < 4.78 is 5.19. The number of hydrogen-bond donors (Lipinski definition) is 2. The normalized spacial score (nSPS) is 10.7.